The summed E-state index contributed by atoms with van der Waals surface area (Å²) in [5, 5.41) is 0.487. The van der Waals surface area contributed by atoms with Gasteiger partial charge in [0, 0.05) is 30.7 Å². The number of hydrogen-bond donors (Lipinski definition) is 0. The van der Waals surface area contributed by atoms with Crippen LogP contribution in [0.25, 0.3) is 11.0 Å². The smallest absolute Gasteiger partial charge is 0.379 e. The number of carbonyl (C=O) groups excluding carboxylic acids is 1. The molecule has 1 aliphatic rings. The molecule has 0 atom stereocenters. The van der Waals surface area contributed by atoms with E-state index in [-0.39, 0.29) is 22.2 Å². The molecule has 1 saturated heterocycles. The molecule has 1 fully saturated rings. The molecule has 11 heteroatoms. The molecule has 3 aromatic rings. The molecule has 3 aromatic heterocycles. The number of ether oxygens (including phenoxy) is 1. The van der Waals surface area contributed by atoms with Crippen LogP contribution in [0.3, 0.4) is 0 Å². The van der Waals surface area contributed by atoms with Crippen LogP contribution >= 0.6 is 23.1 Å². The highest BCUT2D eigenvalue weighted by Crippen LogP contribution is 2.32. The molecule has 158 valence electrons. The third kappa shape index (κ3) is 4.97. The van der Waals surface area contributed by atoms with Gasteiger partial charge in [0.15, 0.2) is 11.4 Å². The van der Waals surface area contributed by atoms with Crippen LogP contribution in [0.15, 0.2) is 35.5 Å². The summed E-state index contributed by atoms with van der Waals surface area (Å²) in [7, 11) is 0. The van der Waals surface area contributed by atoms with Crippen molar-refractivity contribution in [3.63, 3.8) is 0 Å². The summed E-state index contributed by atoms with van der Waals surface area (Å²) < 4.78 is 44.7. The number of nitrogens with zero attached hydrogens (tertiary/aromatic N) is 4. The molecule has 4 heterocycles. The number of carbonyl (C=O) groups is 1. The summed E-state index contributed by atoms with van der Waals surface area (Å²) in [6, 6.07) is 6.89. The second-order valence-electron chi connectivity index (χ2n) is 6.59. The van der Waals surface area contributed by atoms with Crippen molar-refractivity contribution in [3.05, 3.63) is 46.0 Å². The predicted molar refractivity (Wildman–Crippen MR) is 108 cm³/mol. The van der Waals surface area contributed by atoms with Crippen LogP contribution in [0.5, 0.6) is 0 Å². The zero-order valence-electron chi connectivity index (χ0n) is 15.7. The number of rotatable bonds is 6. The highest BCUT2D eigenvalue weighted by molar-refractivity contribution is 8.00. The molecule has 0 saturated carbocycles. The van der Waals surface area contributed by atoms with Gasteiger partial charge in [-0.2, -0.15) is 13.2 Å². The molecule has 0 aromatic carbocycles. The summed E-state index contributed by atoms with van der Waals surface area (Å²) in [6.45, 7) is 3.87. The fourth-order valence-electron chi connectivity index (χ4n) is 2.97. The molecule has 30 heavy (non-hydrogen) atoms. The van der Waals surface area contributed by atoms with Crippen molar-refractivity contribution in [1.82, 2.24) is 19.9 Å². The summed E-state index contributed by atoms with van der Waals surface area (Å²) >= 11 is 2.38. The van der Waals surface area contributed by atoms with Crippen LogP contribution in [0.1, 0.15) is 20.4 Å². The lowest BCUT2D eigenvalue weighted by atomic mass is 10.3. The van der Waals surface area contributed by atoms with Gasteiger partial charge in [0.05, 0.1) is 29.2 Å². The summed E-state index contributed by atoms with van der Waals surface area (Å²) in [4.78, 5) is 27.6. The van der Waals surface area contributed by atoms with Gasteiger partial charge in [-0.1, -0.05) is 11.8 Å². The van der Waals surface area contributed by atoms with E-state index >= 15 is 0 Å². The maximum atomic E-state index is 13.1. The quantitative estimate of drug-likeness (QED) is 0.318. The van der Waals surface area contributed by atoms with Crippen LogP contribution in [0.2, 0.25) is 0 Å². The molecule has 0 bridgehead atoms. The Labute approximate surface area is 178 Å². The van der Waals surface area contributed by atoms with E-state index in [4.69, 9.17) is 4.74 Å². The molecule has 0 aliphatic carbocycles. The first-order valence-corrected chi connectivity index (χ1v) is 10.9. The largest absolute Gasteiger partial charge is 0.451 e. The third-order valence-corrected chi connectivity index (χ3v) is 6.55. The van der Waals surface area contributed by atoms with Crippen molar-refractivity contribution in [2.75, 3.05) is 32.1 Å². The number of ketones is 1. The first-order valence-electron chi connectivity index (χ1n) is 9.15. The Morgan fingerprint density at radius 3 is 2.77 bits per heavy atom. The van der Waals surface area contributed by atoms with E-state index in [0.29, 0.717) is 23.5 Å². The molecule has 0 radical (unpaired) electrons. The Morgan fingerprint density at radius 2 is 2.00 bits per heavy atom. The van der Waals surface area contributed by atoms with Gasteiger partial charge in [-0.3, -0.25) is 9.69 Å². The predicted octanol–water partition coefficient (Wildman–Crippen LogP) is 3.91. The lowest BCUT2D eigenvalue weighted by molar-refractivity contribution is -0.145. The number of Topliss-reactive ketones (excluding diaryl/α,β-unsaturated/α-hetero) is 1. The number of thiophene rings is 1. The Balaban J connectivity index is 1.47. The number of halogens is 3. The van der Waals surface area contributed by atoms with Crippen molar-refractivity contribution in [2.24, 2.45) is 0 Å². The van der Waals surface area contributed by atoms with E-state index in [1.165, 1.54) is 17.5 Å². The second kappa shape index (κ2) is 8.96. The molecule has 0 N–H and O–H groups in total. The fourth-order valence-corrected chi connectivity index (χ4v) is 4.94. The van der Waals surface area contributed by atoms with E-state index in [1.807, 2.05) is 6.07 Å². The lowest BCUT2D eigenvalue weighted by Gasteiger charge is -2.25. The molecule has 1 aliphatic heterocycles. The molecule has 0 unspecified atom stereocenters. The number of morpholine rings is 1. The average molecular weight is 454 g/mol. The minimum Gasteiger partial charge on any atom is -0.379 e. The molecule has 0 spiro atoms. The van der Waals surface area contributed by atoms with Gasteiger partial charge in [0.1, 0.15) is 5.03 Å². The van der Waals surface area contributed by atoms with Gasteiger partial charge in [-0.25, -0.2) is 15.0 Å². The summed E-state index contributed by atoms with van der Waals surface area (Å²) in [5.41, 5.74) is -0.0429. The lowest BCUT2D eigenvalue weighted by Crippen LogP contribution is -2.35. The van der Waals surface area contributed by atoms with Gasteiger partial charge < -0.3 is 4.74 Å². The summed E-state index contributed by atoms with van der Waals surface area (Å²) in [5.74, 6) is -1.43. The monoisotopic (exact) mass is 454 g/mol. The zero-order chi connectivity index (χ0) is 21.1. The highest BCUT2D eigenvalue weighted by atomic mass is 32.2. The van der Waals surface area contributed by atoms with Crippen LogP contribution in [-0.2, 0) is 17.5 Å². The molecule has 4 rings (SSSR count). The Morgan fingerprint density at radius 1 is 1.20 bits per heavy atom. The van der Waals surface area contributed by atoms with Gasteiger partial charge >= 0.3 is 6.18 Å². The Hall–Kier alpha value is -2.08. The average Bonchev–Trinajstić information content (AvgIpc) is 3.20. The van der Waals surface area contributed by atoms with Crippen molar-refractivity contribution < 1.29 is 22.7 Å². The van der Waals surface area contributed by atoms with Crippen molar-refractivity contribution in [3.8, 4) is 0 Å². The molecular formula is C19H17F3N4O2S2. The van der Waals surface area contributed by atoms with E-state index < -0.39 is 12.0 Å². The number of thioether (sulfide) groups is 1. The molecule has 0 amide bonds. The number of fused-ring (bicyclic) bond motifs is 1. The number of aromatic nitrogens is 3. The number of hydrogen-bond acceptors (Lipinski definition) is 8. The molecular weight excluding hydrogens is 437 g/mol. The van der Waals surface area contributed by atoms with Crippen LogP contribution in [0, 0.1) is 0 Å². The van der Waals surface area contributed by atoms with Gasteiger partial charge in [-0.15, -0.1) is 11.3 Å². The van der Waals surface area contributed by atoms with Crippen molar-refractivity contribution >= 4 is 39.9 Å². The van der Waals surface area contributed by atoms with E-state index in [0.717, 1.165) is 36.3 Å². The van der Waals surface area contributed by atoms with Crippen LogP contribution < -0.4 is 0 Å². The minimum atomic E-state index is -4.69. The zero-order valence-corrected chi connectivity index (χ0v) is 17.3. The van der Waals surface area contributed by atoms with Crippen LogP contribution in [0.4, 0.5) is 13.2 Å². The maximum absolute atomic E-state index is 13.1. The fraction of sp³-hybridized carbons (Fsp3) is 0.368. The first-order chi connectivity index (χ1) is 14.4. The molecule has 6 nitrogen and oxygen atoms in total. The van der Waals surface area contributed by atoms with Crippen molar-refractivity contribution in [2.45, 2.75) is 17.7 Å². The highest BCUT2D eigenvalue weighted by Gasteiger charge is 2.35. The van der Waals surface area contributed by atoms with E-state index in [9.17, 15) is 18.0 Å². The minimum absolute atomic E-state index is 0.0180. The standard InChI is InChI=1S/C19H17F3N4O2S2/c20-19(21,22)18-24-16-13(2-1-5-23-16)17(25-18)29-11-14(27)15-4-3-12(30-15)10-26-6-8-28-9-7-26/h1-5H,6-11H2. The SMILES string of the molecule is O=C(CSc1nc(C(F)(F)F)nc2ncccc12)c1ccc(CN2CCOCC2)s1. The topological polar surface area (TPSA) is 68.2 Å². The van der Waals surface area contributed by atoms with E-state index in [1.54, 1.807) is 18.2 Å². The first kappa shape index (κ1) is 21.2. The number of alkyl halides is 3. The number of pyridine rings is 1. The van der Waals surface area contributed by atoms with Gasteiger partial charge in [-0.05, 0) is 24.3 Å². The Bertz CT molecular complexity index is 1050. The second-order valence-corrected chi connectivity index (χ2v) is 8.72. The third-order valence-electron chi connectivity index (χ3n) is 4.45. The van der Waals surface area contributed by atoms with Gasteiger partial charge in [0.25, 0.3) is 0 Å². The Kier molecular flexibility index (Phi) is 6.32. The van der Waals surface area contributed by atoms with Crippen molar-refractivity contribution in [1.29, 1.82) is 0 Å². The van der Waals surface area contributed by atoms with Crippen LogP contribution in [-0.4, -0.2) is 57.7 Å². The normalized spacial score (nSPS) is 15.6. The van der Waals surface area contributed by atoms with Gasteiger partial charge in [0.2, 0.25) is 5.82 Å². The maximum Gasteiger partial charge on any atom is 0.451 e. The summed E-state index contributed by atoms with van der Waals surface area (Å²) in [6.07, 6.45) is -3.32. The van der Waals surface area contributed by atoms with E-state index in [2.05, 4.69) is 19.9 Å².